The lowest BCUT2D eigenvalue weighted by Crippen LogP contribution is -2.51. The molecule has 1 unspecified atom stereocenters. The van der Waals surface area contributed by atoms with E-state index >= 15 is 0 Å². The van der Waals surface area contributed by atoms with Crippen molar-refractivity contribution in [3.8, 4) is 0 Å². The molecule has 3 nitrogen and oxygen atoms in total. The lowest BCUT2D eigenvalue weighted by molar-refractivity contribution is -0.136. The normalized spacial score (nSPS) is 18.1. The number of hydrogen-bond donors (Lipinski definition) is 1. The lowest BCUT2D eigenvalue weighted by atomic mass is 9.75. The zero-order valence-electron chi connectivity index (χ0n) is 12.6. The van der Waals surface area contributed by atoms with Crippen LogP contribution in [0, 0.1) is 0 Å². The summed E-state index contributed by atoms with van der Waals surface area (Å²) in [5.74, 6) is 0.199. The van der Waals surface area contributed by atoms with E-state index in [0.717, 1.165) is 25.7 Å². The molecule has 2 rings (SSSR count). The van der Waals surface area contributed by atoms with Crippen LogP contribution in [-0.2, 0) is 11.3 Å². The van der Waals surface area contributed by atoms with Crippen molar-refractivity contribution >= 4 is 5.91 Å². The number of carbonyl (C=O) groups excluding carboxylic acids is 1. The Labute approximate surface area is 122 Å². The highest BCUT2D eigenvalue weighted by Crippen LogP contribution is 2.33. The van der Waals surface area contributed by atoms with Gasteiger partial charge in [-0.3, -0.25) is 4.79 Å². The van der Waals surface area contributed by atoms with Crippen LogP contribution in [0.25, 0.3) is 0 Å². The minimum absolute atomic E-state index is 0.199. The van der Waals surface area contributed by atoms with Gasteiger partial charge in [-0.15, -0.1) is 0 Å². The van der Waals surface area contributed by atoms with Crippen molar-refractivity contribution in [2.45, 2.75) is 64.1 Å². The van der Waals surface area contributed by atoms with Gasteiger partial charge in [0.1, 0.15) is 0 Å². The molecule has 0 saturated heterocycles. The van der Waals surface area contributed by atoms with Crippen LogP contribution in [0.1, 0.15) is 51.5 Å². The summed E-state index contributed by atoms with van der Waals surface area (Å²) < 4.78 is 0. The van der Waals surface area contributed by atoms with Crippen LogP contribution in [0.5, 0.6) is 0 Å². The van der Waals surface area contributed by atoms with Gasteiger partial charge >= 0.3 is 0 Å². The molecule has 2 N–H and O–H groups in total. The average molecular weight is 274 g/mol. The first kappa shape index (κ1) is 15.0. The van der Waals surface area contributed by atoms with Crippen molar-refractivity contribution in [3.63, 3.8) is 0 Å². The molecule has 1 aliphatic rings. The Morgan fingerprint density at radius 2 is 2.00 bits per heavy atom. The third-order valence-corrected chi connectivity index (χ3v) is 4.49. The third-order valence-electron chi connectivity index (χ3n) is 4.49. The first-order valence-electron chi connectivity index (χ1n) is 7.66. The highest BCUT2D eigenvalue weighted by Gasteiger charge is 2.36. The van der Waals surface area contributed by atoms with Crippen LogP contribution >= 0.6 is 0 Å². The molecule has 110 valence electrons. The van der Waals surface area contributed by atoms with Crippen molar-refractivity contribution in [3.05, 3.63) is 35.9 Å². The Hall–Kier alpha value is -1.35. The third kappa shape index (κ3) is 3.60. The Morgan fingerprint density at radius 1 is 1.35 bits per heavy atom. The van der Waals surface area contributed by atoms with Gasteiger partial charge in [0.25, 0.3) is 0 Å². The van der Waals surface area contributed by atoms with Crippen LogP contribution in [-0.4, -0.2) is 22.4 Å². The molecule has 1 fully saturated rings. The number of nitrogens with zero attached hydrogens (tertiary/aromatic N) is 1. The smallest absolute Gasteiger partial charge is 0.224 e. The Bertz CT molecular complexity index is 440. The lowest BCUT2D eigenvalue weighted by Gasteiger charge is -2.40. The van der Waals surface area contributed by atoms with Crippen molar-refractivity contribution in [2.75, 3.05) is 0 Å². The molecule has 1 amide bonds. The summed E-state index contributed by atoms with van der Waals surface area (Å²) in [5.41, 5.74) is 7.17. The zero-order chi connectivity index (χ0) is 14.6. The van der Waals surface area contributed by atoms with E-state index in [1.54, 1.807) is 0 Å². The standard InChI is InChI=1S/C17H26N2O/c1-3-14(2)19(13-15-8-5-4-6-9-15)16(20)12-17(18)10-7-11-17/h4-6,8-9,14H,3,7,10-13,18H2,1-2H3. The van der Waals surface area contributed by atoms with Gasteiger partial charge in [0.2, 0.25) is 5.91 Å². The highest BCUT2D eigenvalue weighted by atomic mass is 16.2. The molecule has 0 aliphatic heterocycles. The maximum absolute atomic E-state index is 12.6. The SMILES string of the molecule is CCC(C)N(Cc1ccccc1)C(=O)CC1(N)CCC1. The minimum atomic E-state index is -0.237. The van der Waals surface area contributed by atoms with Gasteiger partial charge in [-0.25, -0.2) is 0 Å². The topological polar surface area (TPSA) is 46.3 Å². The first-order valence-corrected chi connectivity index (χ1v) is 7.66. The number of rotatable bonds is 6. The minimum Gasteiger partial charge on any atom is -0.336 e. The molecule has 1 saturated carbocycles. The van der Waals surface area contributed by atoms with Crippen LogP contribution in [0.2, 0.25) is 0 Å². The van der Waals surface area contributed by atoms with E-state index in [1.807, 2.05) is 23.1 Å². The average Bonchev–Trinajstić information content (AvgIpc) is 2.43. The van der Waals surface area contributed by atoms with E-state index in [4.69, 9.17) is 5.73 Å². The van der Waals surface area contributed by atoms with Gasteiger partial charge in [-0.2, -0.15) is 0 Å². The quantitative estimate of drug-likeness (QED) is 0.866. The molecular formula is C17H26N2O. The summed E-state index contributed by atoms with van der Waals surface area (Å²) in [6.07, 6.45) is 4.59. The molecule has 20 heavy (non-hydrogen) atoms. The van der Waals surface area contributed by atoms with Gasteiger partial charge in [0.05, 0.1) is 0 Å². The molecular weight excluding hydrogens is 248 g/mol. The van der Waals surface area contributed by atoms with Gasteiger partial charge in [-0.05, 0) is 38.2 Å². The Balaban J connectivity index is 2.04. The van der Waals surface area contributed by atoms with E-state index in [9.17, 15) is 4.79 Å². The van der Waals surface area contributed by atoms with Crippen molar-refractivity contribution < 1.29 is 4.79 Å². The molecule has 0 radical (unpaired) electrons. The number of nitrogens with two attached hydrogens (primary N) is 1. The maximum atomic E-state index is 12.6. The fourth-order valence-corrected chi connectivity index (χ4v) is 2.70. The monoisotopic (exact) mass is 274 g/mol. The summed E-state index contributed by atoms with van der Waals surface area (Å²) in [4.78, 5) is 14.6. The van der Waals surface area contributed by atoms with E-state index < -0.39 is 0 Å². The number of amides is 1. The fourth-order valence-electron chi connectivity index (χ4n) is 2.70. The second-order valence-corrected chi connectivity index (χ2v) is 6.16. The van der Waals surface area contributed by atoms with E-state index in [2.05, 4.69) is 26.0 Å². The predicted molar refractivity (Wildman–Crippen MR) is 82.1 cm³/mol. The number of carbonyl (C=O) groups is 1. The summed E-state index contributed by atoms with van der Waals surface area (Å²) in [6.45, 7) is 4.92. The van der Waals surface area contributed by atoms with Crippen LogP contribution in [0.4, 0.5) is 0 Å². The molecule has 3 heteroatoms. The van der Waals surface area contributed by atoms with E-state index in [0.29, 0.717) is 13.0 Å². The zero-order valence-corrected chi connectivity index (χ0v) is 12.6. The van der Waals surface area contributed by atoms with Crippen molar-refractivity contribution in [1.29, 1.82) is 0 Å². The molecule has 0 spiro atoms. The summed E-state index contributed by atoms with van der Waals surface area (Å²) in [6, 6.07) is 10.4. The Morgan fingerprint density at radius 3 is 2.50 bits per heavy atom. The van der Waals surface area contributed by atoms with Crippen LogP contribution in [0.3, 0.4) is 0 Å². The molecule has 0 aromatic heterocycles. The van der Waals surface area contributed by atoms with Crippen LogP contribution < -0.4 is 5.73 Å². The summed E-state index contributed by atoms with van der Waals surface area (Å²) >= 11 is 0. The fraction of sp³-hybridized carbons (Fsp3) is 0.588. The number of hydrogen-bond acceptors (Lipinski definition) is 2. The van der Waals surface area contributed by atoms with E-state index in [-0.39, 0.29) is 17.5 Å². The summed E-state index contributed by atoms with van der Waals surface area (Å²) in [5, 5.41) is 0. The Kier molecular flexibility index (Phi) is 4.81. The predicted octanol–water partition coefficient (Wildman–Crippen LogP) is 3.09. The molecule has 1 aliphatic carbocycles. The van der Waals surface area contributed by atoms with Crippen molar-refractivity contribution in [2.24, 2.45) is 5.73 Å². The maximum Gasteiger partial charge on any atom is 0.224 e. The molecule has 1 aromatic carbocycles. The van der Waals surface area contributed by atoms with Gasteiger partial charge < -0.3 is 10.6 Å². The van der Waals surface area contributed by atoms with Gasteiger partial charge in [-0.1, -0.05) is 37.3 Å². The van der Waals surface area contributed by atoms with Crippen molar-refractivity contribution in [1.82, 2.24) is 4.90 Å². The molecule has 0 heterocycles. The largest absolute Gasteiger partial charge is 0.336 e. The number of benzene rings is 1. The van der Waals surface area contributed by atoms with E-state index in [1.165, 1.54) is 5.56 Å². The molecule has 0 bridgehead atoms. The van der Waals surface area contributed by atoms with Crippen LogP contribution in [0.15, 0.2) is 30.3 Å². The summed E-state index contributed by atoms with van der Waals surface area (Å²) in [7, 11) is 0. The molecule has 1 atom stereocenters. The molecule has 1 aromatic rings. The van der Waals surface area contributed by atoms with Gasteiger partial charge in [0.15, 0.2) is 0 Å². The second-order valence-electron chi connectivity index (χ2n) is 6.16. The highest BCUT2D eigenvalue weighted by molar-refractivity contribution is 5.78. The first-order chi connectivity index (χ1) is 9.54. The second kappa shape index (κ2) is 6.40. The van der Waals surface area contributed by atoms with Gasteiger partial charge in [0, 0.05) is 24.5 Å².